The van der Waals surface area contributed by atoms with Crippen LogP contribution in [0.3, 0.4) is 0 Å². The van der Waals surface area contributed by atoms with Gasteiger partial charge in [0.2, 0.25) is 0 Å². The maximum Gasteiger partial charge on any atom is 0.274 e. The number of nitrogens with zero attached hydrogens (tertiary/aromatic N) is 4. The molecule has 1 aliphatic rings. The highest BCUT2D eigenvalue weighted by Crippen LogP contribution is 2.21. The standard InChI is InChI=1S/C21H18ClN5O2/c22-15-4-5-16-14(11-15)12-17(23-16)20(28)25-7-9-26(10-8-25)21(29)18-13-27-6-2-1-3-19(27)24-18/h1-6,11-13,23H,7-10H2. The van der Waals surface area contributed by atoms with E-state index < -0.39 is 0 Å². The average molecular weight is 408 g/mol. The lowest BCUT2D eigenvalue weighted by atomic mass is 10.2. The Hall–Kier alpha value is -3.32. The molecule has 0 bridgehead atoms. The number of nitrogens with one attached hydrogen (secondary N) is 1. The van der Waals surface area contributed by atoms with E-state index in [0.717, 1.165) is 16.6 Å². The number of carbonyl (C=O) groups is 2. The minimum Gasteiger partial charge on any atom is -0.351 e. The van der Waals surface area contributed by atoms with Gasteiger partial charge in [-0.2, -0.15) is 0 Å². The van der Waals surface area contributed by atoms with Crippen molar-refractivity contribution in [3.63, 3.8) is 0 Å². The number of H-pyrrole nitrogens is 1. The Kier molecular flexibility index (Phi) is 4.24. The third kappa shape index (κ3) is 3.23. The number of hydrogen-bond donors (Lipinski definition) is 1. The molecular formula is C21H18ClN5O2. The number of benzene rings is 1. The van der Waals surface area contributed by atoms with Crippen molar-refractivity contribution in [1.82, 2.24) is 24.2 Å². The maximum atomic E-state index is 12.9. The molecule has 0 radical (unpaired) electrons. The Balaban J connectivity index is 1.27. The molecule has 29 heavy (non-hydrogen) atoms. The summed E-state index contributed by atoms with van der Waals surface area (Å²) in [5, 5.41) is 1.54. The second kappa shape index (κ2) is 6.93. The highest BCUT2D eigenvalue weighted by Gasteiger charge is 2.27. The maximum absolute atomic E-state index is 12.9. The van der Waals surface area contributed by atoms with Gasteiger partial charge in [-0.1, -0.05) is 17.7 Å². The molecule has 0 spiro atoms. The van der Waals surface area contributed by atoms with Crippen LogP contribution in [-0.2, 0) is 0 Å². The molecule has 4 aromatic rings. The van der Waals surface area contributed by atoms with E-state index in [1.807, 2.05) is 47.0 Å². The number of piperazine rings is 1. The van der Waals surface area contributed by atoms with E-state index in [9.17, 15) is 9.59 Å². The predicted molar refractivity (Wildman–Crippen MR) is 110 cm³/mol. The Labute approximate surface area is 171 Å². The average Bonchev–Trinajstić information content (AvgIpc) is 3.36. The second-order valence-corrected chi connectivity index (χ2v) is 7.53. The van der Waals surface area contributed by atoms with Gasteiger partial charge in [0.1, 0.15) is 17.0 Å². The fourth-order valence-corrected chi connectivity index (χ4v) is 3.88. The number of aromatic amines is 1. The lowest BCUT2D eigenvalue weighted by Gasteiger charge is -2.34. The Morgan fingerprint density at radius 3 is 2.48 bits per heavy atom. The van der Waals surface area contributed by atoms with Crippen molar-refractivity contribution in [2.24, 2.45) is 0 Å². The molecule has 1 fully saturated rings. The van der Waals surface area contributed by atoms with E-state index in [4.69, 9.17) is 11.6 Å². The summed E-state index contributed by atoms with van der Waals surface area (Å²) < 4.78 is 1.83. The molecule has 3 aromatic heterocycles. The molecule has 1 saturated heterocycles. The van der Waals surface area contributed by atoms with Crippen LogP contribution < -0.4 is 0 Å². The van der Waals surface area contributed by atoms with E-state index in [1.54, 1.807) is 22.1 Å². The monoisotopic (exact) mass is 407 g/mol. The summed E-state index contributed by atoms with van der Waals surface area (Å²) in [5.41, 5.74) is 2.56. The first-order valence-corrected chi connectivity index (χ1v) is 9.77. The molecule has 4 heterocycles. The molecule has 1 aromatic carbocycles. The largest absolute Gasteiger partial charge is 0.351 e. The smallest absolute Gasteiger partial charge is 0.274 e. The molecule has 0 saturated carbocycles. The van der Waals surface area contributed by atoms with Gasteiger partial charge in [-0.15, -0.1) is 0 Å². The van der Waals surface area contributed by atoms with Gasteiger partial charge in [-0.3, -0.25) is 9.59 Å². The first kappa shape index (κ1) is 17.8. The van der Waals surface area contributed by atoms with Gasteiger partial charge in [0.05, 0.1) is 0 Å². The summed E-state index contributed by atoms with van der Waals surface area (Å²) >= 11 is 6.02. The van der Waals surface area contributed by atoms with Crippen LogP contribution in [0.2, 0.25) is 5.02 Å². The highest BCUT2D eigenvalue weighted by molar-refractivity contribution is 6.31. The number of fused-ring (bicyclic) bond motifs is 2. The number of amides is 2. The molecule has 5 rings (SSSR count). The molecule has 1 N–H and O–H groups in total. The molecule has 0 atom stereocenters. The van der Waals surface area contributed by atoms with Crippen LogP contribution in [0.4, 0.5) is 0 Å². The Morgan fingerprint density at radius 2 is 1.72 bits per heavy atom. The summed E-state index contributed by atoms with van der Waals surface area (Å²) in [6.45, 7) is 1.91. The number of halogens is 1. The van der Waals surface area contributed by atoms with Crippen LogP contribution in [0.15, 0.2) is 54.9 Å². The second-order valence-electron chi connectivity index (χ2n) is 7.09. The van der Waals surface area contributed by atoms with Gasteiger partial charge in [-0.05, 0) is 36.4 Å². The predicted octanol–water partition coefficient (Wildman–Crippen LogP) is 3.07. The lowest BCUT2D eigenvalue weighted by Crippen LogP contribution is -2.50. The SMILES string of the molecule is O=C(c1cn2ccccc2n1)N1CCN(C(=O)c2cc3cc(Cl)ccc3[nH]2)CC1. The van der Waals surface area contributed by atoms with Gasteiger partial charge < -0.3 is 19.2 Å². The van der Waals surface area contributed by atoms with Crippen LogP contribution >= 0.6 is 11.6 Å². The molecule has 1 aliphatic heterocycles. The first-order chi connectivity index (χ1) is 14.1. The number of imidazole rings is 1. The first-order valence-electron chi connectivity index (χ1n) is 9.39. The lowest BCUT2D eigenvalue weighted by molar-refractivity contribution is 0.0530. The van der Waals surface area contributed by atoms with Crippen molar-refractivity contribution in [3.05, 3.63) is 71.3 Å². The summed E-state index contributed by atoms with van der Waals surface area (Å²) in [4.78, 5) is 36.7. The topological polar surface area (TPSA) is 73.7 Å². The van der Waals surface area contributed by atoms with E-state index in [0.29, 0.717) is 42.6 Å². The van der Waals surface area contributed by atoms with Crippen molar-refractivity contribution >= 4 is 40.0 Å². The van der Waals surface area contributed by atoms with Crippen LogP contribution in [0.5, 0.6) is 0 Å². The van der Waals surface area contributed by atoms with Gasteiger partial charge in [0, 0.05) is 54.5 Å². The number of carbonyl (C=O) groups excluding carboxylic acids is 2. The molecule has 146 valence electrons. The summed E-state index contributed by atoms with van der Waals surface area (Å²) in [7, 11) is 0. The fourth-order valence-electron chi connectivity index (χ4n) is 3.70. The minimum atomic E-state index is -0.110. The van der Waals surface area contributed by atoms with Gasteiger partial charge in [-0.25, -0.2) is 4.98 Å². The van der Waals surface area contributed by atoms with E-state index in [2.05, 4.69) is 9.97 Å². The molecule has 0 aliphatic carbocycles. The van der Waals surface area contributed by atoms with E-state index >= 15 is 0 Å². The number of rotatable bonds is 2. The zero-order valence-electron chi connectivity index (χ0n) is 15.5. The van der Waals surface area contributed by atoms with E-state index in [-0.39, 0.29) is 11.8 Å². The van der Waals surface area contributed by atoms with Gasteiger partial charge in [0.25, 0.3) is 11.8 Å². The van der Waals surface area contributed by atoms with Crippen LogP contribution in [0, 0.1) is 0 Å². The number of pyridine rings is 1. The zero-order chi connectivity index (χ0) is 20.0. The zero-order valence-corrected chi connectivity index (χ0v) is 16.3. The molecule has 8 heteroatoms. The van der Waals surface area contributed by atoms with Crippen molar-refractivity contribution in [2.45, 2.75) is 0 Å². The Morgan fingerprint density at radius 1 is 0.966 bits per heavy atom. The number of aromatic nitrogens is 3. The Bertz CT molecular complexity index is 1200. The number of hydrogen-bond acceptors (Lipinski definition) is 3. The quantitative estimate of drug-likeness (QED) is 0.555. The summed E-state index contributed by atoms with van der Waals surface area (Å²) in [6, 6.07) is 12.9. The van der Waals surface area contributed by atoms with Crippen molar-refractivity contribution < 1.29 is 9.59 Å². The van der Waals surface area contributed by atoms with Crippen LogP contribution in [0.25, 0.3) is 16.6 Å². The minimum absolute atomic E-state index is 0.0721. The third-order valence-electron chi connectivity index (χ3n) is 5.25. The van der Waals surface area contributed by atoms with Gasteiger partial charge >= 0.3 is 0 Å². The normalized spacial score (nSPS) is 14.7. The van der Waals surface area contributed by atoms with Gasteiger partial charge in [0.15, 0.2) is 0 Å². The third-order valence-corrected chi connectivity index (χ3v) is 5.49. The van der Waals surface area contributed by atoms with Crippen molar-refractivity contribution in [2.75, 3.05) is 26.2 Å². The molecule has 7 nitrogen and oxygen atoms in total. The highest BCUT2D eigenvalue weighted by atomic mass is 35.5. The summed E-state index contributed by atoms with van der Waals surface area (Å²) in [5.74, 6) is -0.182. The van der Waals surface area contributed by atoms with Crippen molar-refractivity contribution in [3.8, 4) is 0 Å². The molecular weight excluding hydrogens is 390 g/mol. The molecule has 2 amide bonds. The van der Waals surface area contributed by atoms with Crippen LogP contribution in [-0.4, -0.2) is 62.2 Å². The van der Waals surface area contributed by atoms with E-state index in [1.165, 1.54) is 0 Å². The summed E-state index contributed by atoms with van der Waals surface area (Å²) in [6.07, 6.45) is 3.61. The molecule has 0 unspecified atom stereocenters. The van der Waals surface area contributed by atoms with Crippen LogP contribution in [0.1, 0.15) is 21.0 Å². The fraction of sp³-hybridized carbons (Fsp3) is 0.190. The van der Waals surface area contributed by atoms with Crippen molar-refractivity contribution in [1.29, 1.82) is 0 Å².